The SMILES string of the molecule is CC(C)Oc1ccc(C(=O)O)cc1NC(=O)c1ccc(=O)n(C)n1. The predicted octanol–water partition coefficient (Wildman–Crippen LogP) is 1.52. The Balaban J connectivity index is 2.36. The molecule has 0 bridgehead atoms. The van der Waals surface area contributed by atoms with Crippen molar-refractivity contribution in [2.45, 2.75) is 20.0 Å². The summed E-state index contributed by atoms with van der Waals surface area (Å²) in [5.41, 5.74) is -0.101. The average Bonchev–Trinajstić information content (AvgIpc) is 2.50. The standard InChI is InChI=1S/C16H17N3O5/c1-9(2)24-13-6-4-10(16(22)23)8-12(13)17-15(21)11-5-7-14(20)19(3)18-11/h4-9H,1-3H3,(H,17,21)(H,22,23). The highest BCUT2D eigenvalue weighted by Gasteiger charge is 2.15. The fourth-order valence-corrected chi connectivity index (χ4v) is 1.93. The number of carboxylic acid groups (broad SMARTS) is 1. The summed E-state index contributed by atoms with van der Waals surface area (Å²) in [5.74, 6) is -1.36. The zero-order valence-electron chi connectivity index (χ0n) is 13.4. The van der Waals surface area contributed by atoms with Crippen LogP contribution in [0.2, 0.25) is 0 Å². The summed E-state index contributed by atoms with van der Waals surface area (Å²) in [6.07, 6.45) is -0.160. The fraction of sp³-hybridized carbons (Fsp3) is 0.250. The summed E-state index contributed by atoms with van der Waals surface area (Å²) < 4.78 is 6.61. The minimum absolute atomic E-state index is 0.00910. The maximum Gasteiger partial charge on any atom is 0.335 e. The van der Waals surface area contributed by atoms with E-state index in [-0.39, 0.29) is 28.6 Å². The number of aromatic carboxylic acids is 1. The molecule has 8 nitrogen and oxygen atoms in total. The molecule has 0 spiro atoms. The first-order chi connectivity index (χ1) is 11.3. The molecule has 0 atom stereocenters. The third-order valence-electron chi connectivity index (χ3n) is 3.03. The van der Waals surface area contributed by atoms with Crippen LogP contribution in [0.1, 0.15) is 34.7 Å². The number of hydrogen-bond donors (Lipinski definition) is 2. The van der Waals surface area contributed by atoms with Gasteiger partial charge in [0.25, 0.3) is 11.5 Å². The van der Waals surface area contributed by atoms with Gasteiger partial charge in [0.1, 0.15) is 11.4 Å². The summed E-state index contributed by atoms with van der Waals surface area (Å²) in [4.78, 5) is 34.8. The van der Waals surface area contributed by atoms with Gasteiger partial charge in [-0.3, -0.25) is 9.59 Å². The normalized spacial score (nSPS) is 10.5. The Bertz CT molecular complexity index is 842. The van der Waals surface area contributed by atoms with Gasteiger partial charge >= 0.3 is 5.97 Å². The minimum atomic E-state index is -1.12. The van der Waals surface area contributed by atoms with Crippen LogP contribution >= 0.6 is 0 Å². The van der Waals surface area contributed by atoms with Crippen molar-refractivity contribution in [3.8, 4) is 5.75 Å². The quantitative estimate of drug-likeness (QED) is 0.859. The number of nitrogens with zero attached hydrogens (tertiary/aromatic N) is 2. The van der Waals surface area contributed by atoms with Crippen LogP contribution in [0, 0.1) is 0 Å². The van der Waals surface area contributed by atoms with E-state index in [0.717, 1.165) is 4.68 Å². The minimum Gasteiger partial charge on any atom is -0.489 e. The van der Waals surface area contributed by atoms with Gasteiger partial charge in [0.05, 0.1) is 17.4 Å². The molecule has 126 valence electrons. The van der Waals surface area contributed by atoms with Crippen molar-refractivity contribution in [3.63, 3.8) is 0 Å². The van der Waals surface area contributed by atoms with Gasteiger partial charge in [-0.15, -0.1) is 0 Å². The molecule has 0 saturated carbocycles. The monoisotopic (exact) mass is 331 g/mol. The van der Waals surface area contributed by atoms with Crippen molar-refractivity contribution in [2.75, 3.05) is 5.32 Å². The first-order valence-corrected chi connectivity index (χ1v) is 7.17. The molecule has 2 rings (SSSR count). The number of amides is 1. The number of carbonyl (C=O) groups is 2. The number of aryl methyl sites for hydroxylation is 1. The third-order valence-corrected chi connectivity index (χ3v) is 3.03. The highest BCUT2D eigenvalue weighted by Crippen LogP contribution is 2.27. The van der Waals surface area contributed by atoms with Crippen molar-refractivity contribution >= 4 is 17.6 Å². The van der Waals surface area contributed by atoms with Gasteiger partial charge in [-0.05, 0) is 38.1 Å². The van der Waals surface area contributed by atoms with Crippen molar-refractivity contribution < 1.29 is 19.4 Å². The highest BCUT2D eigenvalue weighted by molar-refractivity contribution is 6.04. The van der Waals surface area contributed by atoms with E-state index in [9.17, 15) is 14.4 Å². The fourth-order valence-electron chi connectivity index (χ4n) is 1.93. The maximum atomic E-state index is 12.3. The lowest BCUT2D eigenvalue weighted by atomic mass is 10.1. The molecule has 0 saturated heterocycles. The summed E-state index contributed by atoms with van der Waals surface area (Å²) in [6, 6.07) is 6.69. The van der Waals surface area contributed by atoms with Crippen LogP contribution in [0.15, 0.2) is 35.1 Å². The van der Waals surface area contributed by atoms with Crippen LogP contribution in [0.3, 0.4) is 0 Å². The van der Waals surface area contributed by atoms with Gasteiger partial charge in [0.15, 0.2) is 0 Å². The number of carboxylic acids is 1. The lowest BCUT2D eigenvalue weighted by molar-refractivity contribution is 0.0696. The van der Waals surface area contributed by atoms with E-state index in [0.29, 0.717) is 5.75 Å². The number of benzene rings is 1. The van der Waals surface area contributed by atoms with Crippen molar-refractivity contribution in [1.82, 2.24) is 9.78 Å². The second-order valence-corrected chi connectivity index (χ2v) is 5.32. The lowest BCUT2D eigenvalue weighted by Gasteiger charge is -2.15. The number of carbonyl (C=O) groups excluding carboxylic acids is 1. The molecule has 0 fully saturated rings. The second kappa shape index (κ2) is 6.95. The number of nitrogens with one attached hydrogen (secondary N) is 1. The molecule has 2 aromatic rings. The first-order valence-electron chi connectivity index (χ1n) is 7.17. The molecule has 0 aliphatic rings. The van der Waals surface area contributed by atoms with Gasteiger partial charge < -0.3 is 15.2 Å². The molecular formula is C16H17N3O5. The molecule has 1 heterocycles. The second-order valence-electron chi connectivity index (χ2n) is 5.32. The summed E-state index contributed by atoms with van der Waals surface area (Å²) >= 11 is 0. The maximum absolute atomic E-state index is 12.3. The Morgan fingerprint density at radius 1 is 1.25 bits per heavy atom. The predicted molar refractivity (Wildman–Crippen MR) is 86.6 cm³/mol. The van der Waals surface area contributed by atoms with Crippen LogP contribution in [-0.2, 0) is 7.05 Å². The van der Waals surface area contributed by atoms with Crippen LogP contribution in [-0.4, -0.2) is 32.9 Å². The topological polar surface area (TPSA) is 111 Å². The molecule has 2 N–H and O–H groups in total. The van der Waals surface area contributed by atoms with E-state index in [1.807, 2.05) is 13.8 Å². The molecule has 1 aromatic carbocycles. The van der Waals surface area contributed by atoms with E-state index < -0.39 is 11.9 Å². The third kappa shape index (κ3) is 3.97. The Morgan fingerprint density at radius 2 is 1.96 bits per heavy atom. The molecular weight excluding hydrogens is 314 g/mol. The number of rotatable bonds is 5. The van der Waals surface area contributed by atoms with E-state index in [2.05, 4.69) is 10.4 Å². The Hall–Kier alpha value is -3.16. The summed E-state index contributed by atoms with van der Waals surface area (Å²) in [6.45, 7) is 3.62. The first kappa shape index (κ1) is 17.2. The molecule has 0 aliphatic carbocycles. The zero-order chi connectivity index (χ0) is 17.9. The summed E-state index contributed by atoms with van der Waals surface area (Å²) in [5, 5.41) is 15.5. The van der Waals surface area contributed by atoms with Gasteiger partial charge in [-0.25, -0.2) is 9.48 Å². The molecule has 0 radical (unpaired) electrons. The zero-order valence-corrected chi connectivity index (χ0v) is 13.4. The van der Waals surface area contributed by atoms with Crippen LogP contribution in [0.5, 0.6) is 5.75 Å². The number of aromatic nitrogens is 2. The van der Waals surface area contributed by atoms with E-state index in [1.54, 1.807) is 0 Å². The van der Waals surface area contributed by atoms with Crippen molar-refractivity contribution in [1.29, 1.82) is 0 Å². The molecule has 1 aromatic heterocycles. The average molecular weight is 331 g/mol. The lowest BCUT2D eigenvalue weighted by Crippen LogP contribution is -2.24. The van der Waals surface area contributed by atoms with Gasteiger partial charge in [0, 0.05) is 13.1 Å². The molecule has 0 unspecified atom stereocenters. The Kier molecular flexibility index (Phi) is 4.98. The van der Waals surface area contributed by atoms with E-state index in [4.69, 9.17) is 9.84 Å². The molecule has 8 heteroatoms. The van der Waals surface area contributed by atoms with Gasteiger partial charge in [-0.1, -0.05) is 0 Å². The van der Waals surface area contributed by atoms with E-state index in [1.165, 1.54) is 37.4 Å². The van der Waals surface area contributed by atoms with Crippen molar-refractivity contribution in [3.05, 3.63) is 51.9 Å². The smallest absolute Gasteiger partial charge is 0.335 e. The largest absolute Gasteiger partial charge is 0.489 e. The Labute approximate surface area is 137 Å². The number of ether oxygens (including phenoxy) is 1. The van der Waals surface area contributed by atoms with E-state index >= 15 is 0 Å². The van der Waals surface area contributed by atoms with Crippen molar-refractivity contribution in [2.24, 2.45) is 7.05 Å². The summed E-state index contributed by atoms with van der Waals surface area (Å²) in [7, 11) is 1.43. The van der Waals surface area contributed by atoms with Crippen LogP contribution < -0.4 is 15.6 Å². The Morgan fingerprint density at radius 3 is 2.54 bits per heavy atom. The number of anilines is 1. The van der Waals surface area contributed by atoms with Gasteiger partial charge in [-0.2, -0.15) is 5.10 Å². The van der Waals surface area contributed by atoms with Gasteiger partial charge in [0.2, 0.25) is 0 Å². The molecule has 24 heavy (non-hydrogen) atoms. The van der Waals surface area contributed by atoms with Crippen LogP contribution in [0.4, 0.5) is 5.69 Å². The molecule has 1 amide bonds. The number of hydrogen-bond acceptors (Lipinski definition) is 5. The highest BCUT2D eigenvalue weighted by atomic mass is 16.5. The van der Waals surface area contributed by atoms with Crippen LogP contribution in [0.25, 0.3) is 0 Å². The molecule has 0 aliphatic heterocycles.